The predicted octanol–water partition coefficient (Wildman–Crippen LogP) is 3.57. The van der Waals surface area contributed by atoms with Crippen LogP contribution in [0.3, 0.4) is 0 Å². The van der Waals surface area contributed by atoms with Crippen LogP contribution < -0.4 is 9.47 Å². The number of ether oxygens (including phenoxy) is 3. The number of rotatable bonds is 10. The van der Waals surface area contributed by atoms with Crippen molar-refractivity contribution in [3.8, 4) is 11.5 Å². The van der Waals surface area contributed by atoms with Crippen LogP contribution in [0.1, 0.15) is 22.3 Å². The first-order valence-corrected chi connectivity index (χ1v) is 10.1. The third-order valence-corrected chi connectivity index (χ3v) is 5.19. The molecule has 0 aliphatic heterocycles. The Morgan fingerprint density at radius 1 is 1.00 bits per heavy atom. The number of Topliss-reactive ketones (excluding diaryl/α,β-unsaturated/α-hetero) is 1. The molecule has 5 heteroatoms. The normalized spacial score (nSPS) is 10.4. The van der Waals surface area contributed by atoms with Gasteiger partial charge in [-0.2, -0.15) is 0 Å². The van der Waals surface area contributed by atoms with E-state index >= 15 is 0 Å². The van der Waals surface area contributed by atoms with Crippen LogP contribution in [0.15, 0.2) is 48.5 Å². The van der Waals surface area contributed by atoms with E-state index in [4.69, 9.17) is 14.2 Å². The Hall–Kier alpha value is -1.81. The summed E-state index contributed by atoms with van der Waals surface area (Å²) in [5, 5.41) is 0.870. The second kappa shape index (κ2) is 10.1. The second-order valence-corrected chi connectivity index (χ2v) is 7.31. The fraction of sp³-hybridized carbons (Fsp3) is 0.316. The van der Waals surface area contributed by atoms with E-state index in [2.05, 4.69) is 0 Å². The minimum atomic E-state index is 0.126. The topological polar surface area (TPSA) is 44.8 Å². The second-order valence-electron chi connectivity index (χ2n) is 5.10. The number of hydrogen-bond acceptors (Lipinski definition) is 4. The number of carbonyl (C=O) groups excluding carboxylic acids is 1. The average molecular weight is 393 g/mol. The maximum absolute atomic E-state index is 12.2. The summed E-state index contributed by atoms with van der Waals surface area (Å²) in [5.74, 6) is 1.34. The van der Waals surface area contributed by atoms with Gasteiger partial charge in [-0.1, -0.05) is 0 Å². The van der Waals surface area contributed by atoms with E-state index in [0.717, 1.165) is 10.8 Å². The molecule has 4 nitrogen and oxygen atoms in total. The molecule has 2 aromatic carbocycles. The van der Waals surface area contributed by atoms with Crippen molar-refractivity contribution in [3.05, 3.63) is 59.7 Å². The summed E-state index contributed by atoms with van der Waals surface area (Å²) in [6.45, 7) is 0.631. The van der Waals surface area contributed by atoms with Crippen LogP contribution in [0.4, 0.5) is 0 Å². The summed E-state index contributed by atoms with van der Waals surface area (Å²) in [6, 6.07) is 15.4. The van der Waals surface area contributed by atoms with Crippen LogP contribution in [-0.4, -0.2) is 40.5 Å². The van der Waals surface area contributed by atoms with Gasteiger partial charge in [0.05, 0.1) is 0 Å². The molecule has 0 saturated heterocycles. The zero-order valence-electron chi connectivity index (χ0n) is 14.0. The summed E-state index contributed by atoms with van der Waals surface area (Å²) in [6.07, 6.45) is 0.532. The van der Waals surface area contributed by atoms with Gasteiger partial charge in [0.1, 0.15) is 0 Å². The van der Waals surface area contributed by atoms with Gasteiger partial charge in [0.15, 0.2) is 0 Å². The molecule has 24 heavy (non-hydrogen) atoms. The molecule has 2 rings (SSSR count). The van der Waals surface area contributed by atoms with Crippen LogP contribution in [0.5, 0.6) is 11.5 Å². The van der Waals surface area contributed by atoms with E-state index in [-0.39, 0.29) is 5.78 Å². The molecule has 0 unspecified atom stereocenters. The Balaban J connectivity index is 1.69. The monoisotopic (exact) mass is 394 g/mol. The molecule has 0 radical (unpaired) electrons. The molecule has 0 aliphatic carbocycles. The van der Waals surface area contributed by atoms with E-state index in [0.29, 0.717) is 45.0 Å². The molecule has 0 N–H and O–H groups in total. The van der Waals surface area contributed by atoms with E-state index in [1.54, 1.807) is 32.4 Å². The molecule has 0 spiro atoms. The number of hydrogen-bond donors (Lipinski definition) is 0. The summed E-state index contributed by atoms with van der Waals surface area (Å²) in [7, 11) is 3.15. The van der Waals surface area contributed by atoms with Crippen molar-refractivity contribution in [3.63, 3.8) is 0 Å². The van der Waals surface area contributed by atoms with E-state index in [1.165, 1.54) is 5.56 Å². The van der Waals surface area contributed by atoms with Gasteiger partial charge < -0.3 is 0 Å². The van der Waals surface area contributed by atoms with Crippen molar-refractivity contribution in [1.29, 1.82) is 0 Å². The Bertz CT molecular complexity index is 643. The van der Waals surface area contributed by atoms with Crippen LogP contribution in [0, 0.1) is 0 Å². The van der Waals surface area contributed by atoms with Gasteiger partial charge in [0.2, 0.25) is 0 Å². The third-order valence-electron chi connectivity index (χ3n) is 3.46. The van der Waals surface area contributed by atoms with Gasteiger partial charge in [0.25, 0.3) is 0 Å². The fourth-order valence-corrected chi connectivity index (χ4v) is 3.53. The average Bonchev–Trinajstić information content (AvgIpc) is 2.64. The molecule has 128 valence electrons. The van der Waals surface area contributed by atoms with Crippen LogP contribution in [0.25, 0.3) is 0 Å². The van der Waals surface area contributed by atoms with Crippen molar-refractivity contribution < 1.29 is 19.0 Å². The van der Waals surface area contributed by atoms with Crippen molar-refractivity contribution >= 4 is 20.7 Å². The Kier molecular flexibility index (Phi) is 7.83. The SMILES string of the molecule is COc1ccc(C(=O)CC[Se]COCc2ccccc2)cc1OC. The first-order valence-electron chi connectivity index (χ1n) is 7.69. The number of ketones is 1. The van der Waals surface area contributed by atoms with Crippen molar-refractivity contribution in [2.24, 2.45) is 0 Å². The molecule has 0 atom stereocenters. The molecule has 0 aromatic heterocycles. The molecule has 0 amide bonds. The van der Waals surface area contributed by atoms with E-state index < -0.39 is 0 Å². The standard InChI is InChI=1S/C19H22O4Se/c1-21-18-9-8-16(12-19(18)22-2)17(20)10-11-24-14-23-13-15-6-4-3-5-7-15/h3-9,12H,10-11,13-14H2,1-2H3. The fourth-order valence-electron chi connectivity index (χ4n) is 2.17. The molecular formula is C19H22O4Se. The summed E-state index contributed by atoms with van der Waals surface area (Å²) >= 11 is 0.307. The summed E-state index contributed by atoms with van der Waals surface area (Å²) in [5.41, 5.74) is 2.56. The molecule has 2 aromatic rings. The number of benzene rings is 2. The molecule has 0 heterocycles. The van der Waals surface area contributed by atoms with Crippen molar-refractivity contribution in [2.45, 2.75) is 18.3 Å². The van der Waals surface area contributed by atoms with Gasteiger partial charge in [-0.15, -0.1) is 0 Å². The van der Waals surface area contributed by atoms with Crippen LogP contribution in [-0.2, 0) is 11.3 Å². The minimum absolute atomic E-state index is 0.126. The summed E-state index contributed by atoms with van der Waals surface area (Å²) in [4.78, 5) is 12.2. The molecule has 0 aliphatic rings. The van der Waals surface area contributed by atoms with Crippen molar-refractivity contribution in [2.75, 3.05) is 19.7 Å². The molecular weight excluding hydrogens is 371 g/mol. The van der Waals surface area contributed by atoms with Gasteiger partial charge in [-0.05, 0) is 0 Å². The van der Waals surface area contributed by atoms with Crippen molar-refractivity contribution in [1.82, 2.24) is 0 Å². The van der Waals surface area contributed by atoms with Crippen LogP contribution >= 0.6 is 0 Å². The van der Waals surface area contributed by atoms with Gasteiger partial charge in [-0.3, -0.25) is 0 Å². The van der Waals surface area contributed by atoms with Gasteiger partial charge in [0, 0.05) is 0 Å². The Labute approximate surface area is 149 Å². The first-order chi connectivity index (χ1) is 11.7. The first kappa shape index (κ1) is 18.5. The third kappa shape index (κ3) is 5.68. The van der Waals surface area contributed by atoms with Gasteiger partial charge in [-0.25, -0.2) is 0 Å². The molecule has 0 fully saturated rings. The predicted molar refractivity (Wildman–Crippen MR) is 95.2 cm³/mol. The Morgan fingerprint density at radius 3 is 2.46 bits per heavy atom. The summed E-state index contributed by atoms with van der Waals surface area (Å²) < 4.78 is 16.1. The van der Waals surface area contributed by atoms with Gasteiger partial charge >= 0.3 is 149 Å². The van der Waals surface area contributed by atoms with E-state index in [1.807, 2.05) is 30.3 Å². The maximum atomic E-state index is 12.2. The van der Waals surface area contributed by atoms with Crippen LogP contribution in [0.2, 0.25) is 5.32 Å². The number of carbonyl (C=O) groups is 1. The Morgan fingerprint density at radius 2 is 1.75 bits per heavy atom. The number of methoxy groups -OCH3 is 2. The zero-order chi connectivity index (χ0) is 17.2. The zero-order valence-corrected chi connectivity index (χ0v) is 15.7. The molecule has 0 bridgehead atoms. The molecule has 0 saturated carbocycles. The quantitative estimate of drug-likeness (QED) is 0.352. The van der Waals surface area contributed by atoms with E-state index in [9.17, 15) is 4.79 Å².